The fourth-order valence-corrected chi connectivity index (χ4v) is 7.14. The zero-order valence-corrected chi connectivity index (χ0v) is 25.4. The summed E-state index contributed by atoms with van der Waals surface area (Å²) in [7, 11) is 0. The lowest BCUT2D eigenvalue weighted by Gasteiger charge is -2.51. The third kappa shape index (κ3) is 7.45. The Morgan fingerprint density at radius 1 is 0.658 bits per heavy atom. The number of fused-ring (bicyclic) bond motifs is 3. The minimum atomic E-state index is -0.145. The van der Waals surface area contributed by atoms with Crippen LogP contribution in [-0.4, -0.2) is 11.6 Å². The van der Waals surface area contributed by atoms with Crippen molar-refractivity contribution in [2.24, 2.45) is 35.5 Å². The Kier molecular flexibility index (Phi) is 10.9. The summed E-state index contributed by atoms with van der Waals surface area (Å²) in [5, 5.41) is 0. The molecule has 0 aliphatic heterocycles. The van der Waals surface area contributed by atoms with E-state index in [4.69, 9.17) is 0 Å². The first-order valence-corrected chi connectivity index (χ1v) is 15.0. The maximum atomic E-state index is 13.4. The summed E-state index contributed by atoms with van der Waals surface area (Å²) in [6.07, 6.45) is 21.7. The van der Waals surface area contributed by atoms with E-state index in [9.17, 15) is 9.59 Å². The van der Waals surface area contributed by atoms with Crippen LogP contribution in [0.5, 0.6) is 0 Å². The van der Waals surface area contributed by atoms with Gasteiger partial charge < -0.3 is 0 Å². The quantitative estimate of drug-likeness (QED) is 0.214. The van der Waals surface area contributed by atoms with E-state index >= 15 is 0 Å². The molecule has 0 saturated heterocycles. The van der Waals surface area contributed by atoms with Crippen molar-refractivity contribution < 1.29 is 9.59 Å². The molecule has 0 amide bonds. The van der Waals surface area contributed by atoms with E-state index in [-0.39, 0.29) is 35.2 Å². The van der Waals surface area contributed by atoms with Gasteiger partial charge in [-0.1, -0.05) is 69.9 Å². The van der Waals surface area contributed by atoms with Crippen LogP contribution in [0.3, 0.4) is 0 Å². The summed E-state index contributed by atoms with van der Waals surface area (Å²) in [5.41, 5.74) is 8.43. The molecule has 38 heavy (non-hydrogen) atoms. The molecule has 0 heterocycles. The first-order valence-electron chi connectivity index (χ1n) is 15.0. The van der Waals surface area contributed by atoms with Gasteiger partial charge in [-0.2, -0.15) is 0 Å². The lowest BCUT2D eigenvalue weighted by atomic mass is 9.51. The van der Waals surface area contributed by atoms with Crippen LogP contribution in [0.1, 0.15) is 107 Å². The van der Waals surface area contributed by atoms with Crippen LogP contribution >= 0.6 is 0 Å². The van der Waals surface area contributed by atoms with Gasteiger partial charge in [0.05, 0.1) is 0 Å². The number of carbonyl (C=O) groups excluding carboxylic acids is 2. The van der Waals surface area contributed by atoms with Crippen molar-refractivity contribution in [3.63, 3.8) is 0 Å². The van der Waals surface area contributed by atoms with Crippen molar-refractivity contribution in [1.29, 1.82) is 0 Å². The van der Waals surface area contributed by atoms with E-state index in [1.807, 2.05) is 0 Å². The summed E-state index contributed by atoms with van der Waals surface area (Å²) in [6.45, 7) is 17.6. The molecular formula is C36H52O2. The molecule has 0 spiro atoms. The molecular weight excluding hydrogens is 464 g/mol. The van der Waals surface area contributed by atoms with Gasteiger partial charge >= 0.3 is 0 Å². The van der Waals surface area contributed by atoms with Crippen LogP contribution in [0.4, 0.5) is 0 Å². The number of rotatable bonds is 10. The molecule has 2 nitrogen and oxygen atoms in total. The predicted octanol–water partition coefficient (Wildman–Crippen LogP) is 9.70. The summed E-state index contributed by atoms with van der Waals surface area (Å²) >= 11 is 0. The first-order chi connectivity index (χ1) is 18.0. The average molecular weight is 517 g/mol. The van der Waals surface area contributed by atoms with E-state index in [1.165, 1.54) is 33.4 Å². The fraction of sp³-hybridized carbons (Fsp3) is 0.611. The molecule has 2 heteroatoms. The van der Waals surface area contributed by atoms with E-state index in [0.717, 1.165) is 51.4 Å². The lowest BCUT2D eigenvalue weighted by molar-refractivity contribution is -0.152. The summed E-state index contributed by atoms with van der Waals surface area (Å²) in [5.74, 6) is 0.723. The van der Waals surface area contributed by atoms with Gasteiger partial charge in [-0.25, -0.2) is 0 Å². The van der Waals surface area contributed by atoms with Crippen molar-refractivity contribution in [2.75, 3.05) is 0 Å². The molecule has 0 aromatic heterocycles. The van der Waals surface area contributed by atoms with E-state index in [2.05, 4.69) is 91.8 Å². The van der Waals surface area contributed by atoms with Crippen molar-refractivity contribution >= 4 is 11.6 Å². The highest BCUT2D eigenvalue weighted by Crippen LogP contribution is 2.54. The van der Waals surface area contributed by atoms with Gasteiger partial charge in [0.2, 0.25) is 11.6 Å². The van der Waals surface area contributed by atoms with Crippen molar-refractivity contribution in [1.82, 2.24) is 0 Å². The minimum Gasteiger partial charge on any atom is -0.291 e. The number of hydrogen-bond donors (Lipinski definition) is 0. The van der Waals surface area contributed by atoms with Gasteiger partial charge in [0.1, 0.15) is 0 Å². The molecule has 1 saturated carbocycles. The fourth-order valence-electron chi connectivity index (χ4n) is 7.14. The Bertz CT molecular complexity index is 979. The minimum absolute atomic E-state index is 0.0885. The third-order valence-corrected chi connectivity index (χ3v) is 9.40. The molecule has 0 radical (unpaired) electrons. The molecule has 3 aliphatic rings. The standard InChI is InChI=1S/C36H52O2/c1-23(2)11-9-13-25(5)15-19-29-27(7)17-21-31-33(29)34-30(20-16-26(6)14-10-12-24(3)4)28(8)18-22-32(34)36(38)35(31)37/h11-12,15-18,29-34H,9-10,13-14,19-22H2,1-8H3/b25-15+,26-16+. The van der Waals surface area contributed by atoms with Gasteiger partial charge in [0.15, 0.2) is 0 Å². The second-order valence-electron chi connectivity index (χ2n) is 12.9. The molecule has 6 unspecified atom stereocenters. The summed E-state index contributed by atoms with van der Waals surface area (Å²) in [6, 6.07) is 0. The Morgan fingerprint density at radius 2 is 1.03 bits per heavy atom. The molecule has 3 rings (SSSR count). The number of hydrogen-bond acceptors (Lipinski definition) is 2. The first kappa shape index (κ1) is 30.3. The lowest BCUT2D eigenvalue weighted by Crippen LogP contribution is -2.54. The predicted molar refractivity (Wildman–Crippen MR) is 162 cm³/mol. The summed E-state index contributed by atoms with van der Waals surface area (Å²) in [4.78, 5) is 26.8. The number of ketones is 2. The van der Waals surface area contributed by atoms with Gasteiger partial charge in [-0.15, -0.1) is 0 Å². The highest BCUT2D eigenvalue weighted by Gasteiger charge is 2.55. The molecule has 0 aromatic carbocycles. The zero-order chi connectivity index (χ0) is 28.0. The van der Waals surface area contributed by atoms with E-state index in [1.54, 1.807) is 0 Å². The maximum Gasteiger partial charge on any atom is 0.202 e. The zero-order valence-electron chi connectivity index (χ0n) is 25.4. The molecule has 6 atom stereocenters. The van der Waals surface area contributed by atoms with Crippen molar-refractivity contribution in [2.45, 2.75) is 107 Å². The Balaban J connectivity index is 1.89. The highest BCUT2D eigenvalue weighted by atomic mass is 16.2. The Morgan fingerprint density at radius 3 is 1.37 bits per heavy atom. The second kappa shape index (κ2) is 13.7. The molecule has 3 aliphatic carbocycles. The van der Waals surface area contributed by atoms with Crippen LogP contribution in [0.2, 0.25) is 0 Å². The van der Waals surface area contributed by atoms with E-state index < -0.39 is 0 Å². The van der Waals surface area contributed by atoms with Crippen LogP contribution < -0.4 is 0 Å². The van der Waals surface area contributed by atoms with Gasteiger partial charge in [0, 0.05) is 11.8 Å². The number of allylic oxidation sites excluding steroid dienone is 12. The second-order valence-corrected chi connectivity index (χ2v) is 12.9. The number of carbonyl (C=O) groups is 2. The average Bonchev–Trinajstić information content (AvgIpc) is 2.85. The number of Topliss-reactive ketones (excluding diaryl/α,β-unsaturated/α-hetero) is 2. The topological polar surface area (TPSA) is 34.1 Å². The van der Waals surface area contributed by atoms with E-state index in [0.29, 0.717) is 11.8 Å². The molecule has 208 valence electrons. The Labute approximate surface area is 233 Å². The monoisotopic (exact) mass is 516 g/mol. The third-order valence-electron chi connectivity index (χ3n) is 9.40. The normalized spacial score (nSPS) is 29.7. The van der Waals surface area contributed by atoms with Crippen LogP contribution in [0.25, 0.3) is 0 Å². The molecule has 0 aromatic rings. The molecule has 1 fully saturated rings. The SMILES string of the molecule is CC(C)=CCC/C(C)=C/CC1C(C)=CCC2C(=O)C(=O)C3CC=C(C)C(C/C=C(\C)CCC=C(C)C)C3C21. The highest BCUT2D eigenvalue weighted by molar-refractivity contribution is 6.39. The van der Waals surface area contributed by atoms with Gasteiger partial charge in [-0.3, -0.25) is 9.59 Å². The molecule has 0 bridgehead atoms. The van der Waals surface area contributed by atoms with Gasteiger partial charge in [-0.05, 0) is 130 Å². The van der Waals surface area contributed by atoms with Gasteiger partial charge in [0.25, 0.3) is 0 Å². The van der Waals surface area contributed by atoms with Crippen LogP contribution in [0.15, 0.2) is 69.9 Å². The largest absolute Gasteiger partial charge is 0.291 e. The van der Waals surface area contributed by atoms with Crippen molar-refractivity contribution in [3.05, 3.63) is 69.9 Å². The Hall–Kier alpha value is -2.22. The smallest absolute Gasteiger partial charge is 0.202 e. The molecule has 0 N–H and O–H groups in total. The maximum absolute atomic E-state index is 13.4. The summed E-state index contributed by atoms with van der Waals surface area (Å²) < 4.78 is 0. The van der Waals surface area contributed by atoms with Crippen LogP contribution in [-0.2, 0) is 9.59 Å². The van der Waals surface area contributed by atoms with Crippen molar-refractivity contribution in [3.8, 4) is 0 Å². The van der Waals surface area contributed by atoms with Crippen LogP contribution in [0, 0.1) is 35.5 Å².